The first-order valence-corrected chi connectivity index (χ1v) is 6.77. The van der Waals surface area contributed by atoms with Crippen molar-refractivity contribution in [1.29, 1.82) is 0 Å². The molecule has 0 spiro atoms. The number of nitrogens with one attached hydrogen (secondary N) is 1. The van der Waals surface area contributed by atoms with Crippen LogP contribution in [0.4, 0.5) is 5.82 Å². The number of rotatable bonds is 5. The van der Waals surface area contributed by atoms with Crippen LogP contribution in [-0.4, -0.2) is 23.5 Å². The molecular weight excluding hydrogens is 260 g/mol. The molecule has 0 aliphatic carbocycles. The lowest BCUT2D eigenvalue weighted by Crippen LogP contribution is -2.04. The number of thioether (sulfide) groups is 1. The molecule has 0 radical (unpaired) electrons. The van der Waals surface area contributed by atoms with E-state index in [0.717, 1.165) is 16.8 Å². The zero-order valence-electron chi connectivity index (χ0n) is 8.51. The second-order valence-electron chi connectivity index (χ2n) is 3.09. The standard InChI is InChI=1S/C10H15BrN2S/c1-8-6-10(13-7-9(8)11)12-4-3-5-14-2/h6-7H,3-5H2,1-2H3,(H,12,13). The number of hydrogen-bond donors (Lipinski definition) is 1. The Bertz CT molecular complexity index is 291. The molecule has 2 nitrogen and oxygen atoms in total. The van der Waals surface area contributed by atoms with Gasteiger partial charge >= 0.3 is 0 Å². The van der Waals surface area contributed by atoms with Gasteiger partial charge in [0.25, 0.3) is 0 Å². The van der Waals surface area contributed by atoms with Gasteiger partial charge in [0.15, 0.2) is 0 Å². The first-order valence-electron chi connectivity index (χ1n) is 4.59. The minimum absolute atomic E-state index is 0.965. The molecule has 0 atom stereocenters. The first-order chi connectivity index (χ1) is 6.74. The monoisotopic (exact) mass is 274 g/mol. The smallest absolute Gasteiger partial charge is 0.126 e. The van der Waals surface area contributed by atoms with Gasteiger partial charge in [-0.3, -0.25) is 0 Å². The van der Waals surface area contributed by atoms with Crippen LogP contribution in [-0.2, 0) is 0 Å². The van der Waals surface area contributed by atoms with Gasteiger partial charge in [-0.15, -0.1) is 0 Å². The molecule has 0 amide bonds. The van der Waals surface area contributed by atoms with Crippen molar-refractivity contribution in [2.45, 2.75) is 13.3 Å². The molecule has 78 valence electrons. The van der Waals surface area contributed by atoms with E-state index in [0.29, 0.717) is 0 Å². The van der Waals surface area contributed by atoms with Crippen LogP contribution in [0.15, 0.2) is 16.7 Å². The summed E-state index contributed by atoms with van der Waals surface area (Å²) in [7, 11) is 0. The van der Waals surface area contributed by atoms with E-state index in [9.17, 15) is 0 Å². The minimum Gasteiger partial charge on any atom is -0.370 e. The van der Waals surface area contributed by atoms with E-state index in [2.05, 4.69) is 45.5 Å². The molecule has 1 aromatic heterocycles. The van der Waals surface area contributed by atoms with E-state index >= 15 is 0 Å². The molecule has 1 rings (SSSR count). The zero-order chi connectivity index (χ0) is 10.4. The van der Waals surface area contributed by atoms with Crippen LogP contribution in [0.25, 0.3) is 0 Å². The maximum atomic E-state index is 4.27. The molecule has 4 heteroatoms. The number of hydrogen-bond acceptors (Lipinski definition) is 3. The topological polar surface area (TPSA) is 24.9 Å². The van der Waals surface area contributed by atoms with Gasteiger partial charge in [0, 0.05) is 17.2 Å². The fraction of sp³-hybridized carbons (Fsp3) is 0.500. The van der Waals surface area contributed by atoms with Gasteiger partial charge in [0.1, 0.15) is 5.82 Å². The van der Waals surface area contributed by atoms with Crippen LogP contribution in [0.2, 0.25) is 0 Å². The highest BCUT2D eigenvalue weighted by atomic mass is 79.9. The SMILES string of the molecule is CSCCCNc1cc(C)c(Br)cn1. The lowest BCUT2D eigenvalue weighted by molar-refractivity contribution is 0.980. The average Bonchev–Trinajstić information content (AvgIpc) is 2.18. The summed E-state index contributed by atoms with van der Waals surface area (Å²) < 4.78 is 1.06. The number of aromatic nitrogens is 1. The summed E-state index contributed by atoms with van der Waals surface area (Å²) in [5.74, 6) is 2.16. The second-order valence-corrected chi connectivity index (χ2v) is 4.93. The van der Waals surface area contributed by atoms with Crippen molar-refractivity contribution in [2.75, 3.05) is 23.9 Å². The van der Waals surface area contributed by atoms with Gasteiger partial charge in [-0.2, -0.15) is 11.8 Å². The molecule has 1 aromatic rings. The predicted molar refractivity (Wildman–Crippen MR) is 68.2 cm³/mol. The fourth-order valence-electron chi connectivity index (χ4n) is 1.07. The quantitative estimate of drug-likeness (QED) is 0.834. The molecule has 0 bridgehead atoms. The Morgan fingerprint density at radius 2 is 2.36 bits per heavy atom. The number of aryl methyl sites for hydroxylation is 1. The van der Waals surface area contributed by atoms with Crippen molar-refractivity contribution >= 4 is 33.5 Å². The Morgan fingerprint density at radius 3 is 3.00 bits per heavy atom. The molecule has 0 fully saturated rings. The van der Waals surface area contributed by atoms with E-state index in [1.165, 1.54) is 17.7 Å². The summed E-state index contributed by atoms with van der Waals surface area (Å²) in [6.07, 6.45) is 5.15. The third-order valence-corrected chi connectivity index (χ3v) is 3.41. The Kier molecular flexibility index (Phi) is 5.33. The summed E-state index contributed by atoms with van der Waals surface area (Å²) in [5, 5.41) is 3.30. The van der Waals surface area contributed by atoms with Crippen LogP contribution < -0.4 is 5.32 Å². The first kappa shape index (κ1) is 11.9. The third-order valence-electron chi connectivity index (χ3n) is 1.88. The molecule has 0 aromatic carbocycles. The van der Waals surface area contributed by atoms with Gasteiger partial charge in [-0.1, -0.05) is 0 Å². The largest absolute Gasteiger partial charge is 0.370 e. The van der Waals surface area contributed by atoms with Gasteiger partial charge < -0.3 is 5.32 Å². The summed E-state index contributed by atoms with van der Waals surface area (Å²) in [6.45, 7) is 3.06. The van der Waals surface area contributed by atoms with Gasteiger partial charge in [-0.05, 0) is 52.9 Å². The van der Waals surface area contributed by atoms with E-state index in [-0.39, 0.29) is 0 Å². The number of anilines is 1. The minimum atomic E-state index is 0.965. The number of halogens is 1. The van der Waals surface area contributed by atoms with Crippen LogP contribution in [0, 0.1) is 6.92 Å². The third kappa shape index (κ3) is 3.88. The van der Waals surface area contributed by atoms with Gasteiger partial charge in [-0.25, -0.2) is 4.98 Å². The molecule has 14 heavy (non-hydrogen) atoms. The van der Waals surface area contributed by atoms with Crippen LogP contribution >= 0.6 is 27.7 Å². The summed E-state index contributed by atoms with van der Waals surface area (Å²) >= 11 is 5.30. The van der Waals surface area contributed by atoms with Gasteiger partial charge in [0.05, 0.1) is 0 Å². The van der Waals surface area contributed by atoms with Crippen molar-refractivity contribution in [3.8, 4) is 0 Å². The zero-order valence-corrected chi connectivity index (χ0v) is 10.9. The maximum absolute atomic E-state index is 4.27. The van der Waals surface area contributed by atoms with E-state index in [1.54, 1.807) is 0 Å². The highest BCUT2D eigenvalue weighted by molar-refractivity contribution is 9.10. The van der Waals surface area contributed by atoms with Crippen molar-refractivity contribution in [2.24, 2.45) is 0 Å². The van der Waals surface area contributed by atoms with Crippen molar-refractivity contribution in [1.82, 2.24) is 4.98 Å². The second kappa shape index (κ2) is 6.30. The number of pyridine rings is 1. The summed E-state index contributed by atoms with van der Waals surface area (Å²) in [6, 6.07) is 2.06. The molecule has 1 heterocycles. The Morgan fingerprint density at radius 1 is 1.57 bits per heavy atom. The van der Waals surface area contributed by atoms with Crippen LogP contribution in [0.3, 0.4) is 0 Å². The van der Waals surface area contributed by atoms with Crippen molar-refractivity contribution in [3.63, 3.8) is 0 Å². The van der Waals surface area contributed by atoms with Crippen LogP contribution in [0.1, 0.15) is 12.0 Å². The summed E-state index contributed by atoms with van der Waals surface area (Å²) in [5.41, 5.74) is 1.22. The molecule has 0 saturated carbocycles. The molecule has 0 unspecified atom stereocenters. The lowest BCUT2D eigenvalue weighted by atomic mass is 10.3. The molecule has 1 N–H and O–H groups in total. The highest BCUT2D eigenvalue weighted by Crippen LogP contribution is 2.17. The Labute approximate surface area is 98.0 Å². The van der Waals surface area contributed by atoms with Gasteiger partial charge in [0.2, 0.25) is 0 Å². The Hall–Kier alpha value is -0.220. The molecule has 0 aliphatic rings. The van der Waals surface area contributed by atoms with Crippen molar-refractivity contribution < 1.29 is 0 Å². The molecule has 0 aliphatic heterocycles. The predicted octanol–water partition coefficient (Wildman–Crippen LogP) is 3.32. The average molecular weight is 275 g/mol. The van der Waals surface area contributed by atoms with E-state index in [1.807, 2.05) is 18.0 Å². The van der Waals surface area contributed by atoms with Crippen LogP contribution in [0.5, 0.6) is 0 Å². The lowest BCUT2D eigenvalue weighted by Gasteiger charge is -2.06. The number of nitrogens with zero attached hydrogens (tertiary/aromatic N) is 1. The summed E-state index contributed by atoms with van der Waals surface area (Å²) in [4.78, 5) is 4.27. The van der Waals surface area contributed by atoms with E-state index in [4.69, 9.17) is 0 Å². The molecule has 0 saturated heterocycles. The highest BCUT2D eigenvalue weighted by Gasteiger charge is 1.97. The maximum Gasteiger partial charge on any atom is 0.126 e. The normalized spacial score (nSPS) is 10.2. The fourth-order valence-corrected chi connectivity index (χ4v) is 1.72. The van der Waals surface area contributed by atoms with Crippen molar-refractivity contribution in [3.05, 3.63) is 22.3 Å². The Balaban J connectivity index is 2.39. The molecular formula is C10H15BrN2S. The van der Waals surface area contributed by atoms with E-state index < -0.39 is 0 Å².